The van der Waals surface area contributed by atoms with Gasteiger partial charge in [-0.15, -0.1) is 0 Å². The zero-order chi connectivity index (χ0) is 13.1. The predicted molar refractivity (Wildman–Crippen MR) is 62.5 cm³/mol. The molecule has 0 aromatic heterocycles. The van der Waals surface area contributed by atoms with Gasteiger partial charge in [0.1, 0.15) is 0 Å². The fourth-order valence-electron chi connectivity index (χ4n) is 1.62. The Morgan fingerprint density at radius 2 is 1.35 bits per heavy atom. The van der Waals surface area contributed by atoms with Crippen LogP contribution in [0.15, 0.2) is 11.9 Å². The van der Waals surface area contributed by atoms with Gasteiger partial charge in [-0.1, -0.05) is 51.9 Å². The minimum Gasteiger partial charge on any atom is -0.202 e. The highest BCUT2D eigenvalue weighted by Crippen LogP contribution is 2.27. The lowest BCUT2D eigenvalue weighted by molar-refractivity contribution is -0.109. The second-order valence-corrected chi connectivity index (χ2v) is 4.31. The third kappa shape index (κ3) is 10.3. The molecular weight excluding hydrogens is 232 g/mol. The van der Waals surface area contributed by atoms with Crippen molar-refractivity contribution in [2.45, 2.75) is 70.9 Å². The molecule has 0 nitrogen and oxygen atoms in total. The van der Waals surface area contributed by atoms with Crippen molar-refractivity contribution in [3.05, 3.63) is 11.9 Å². The molecule has 0 fully saturated rings. The molecule has 0 spiro atoms. The van der Waals surface area contributed by atoms with Crippen LogP contribution in [-0.4, -0.2) is 6.18 Å². The lowest BCUT2D eigenvalue weighted by atomic mass is 10.1. The van der Waals surface area contributed by atoms with E-state index in [1.54, 1.807) is 0 Å². The molecule has 0 heterocycles. The van der Waals surface area contributed by atoms with Gasteiger partial charge in [0.2, 0.25) is 0 Å². The molecule has 17 heavy (non-hydrogen) atoms. The summed E-state index contributed by atoms with van der Waals surface area (Å²) in [5.74, 6) is -1.96. The maximum atomic E-state index is 12.4. The van der Waals surface area contributed by atoms with E-state index >= 15 is 0 Å². The third-order valence-electron chi connectivity index (χ3n) is 2.65. The lowest BCUT2D eigenvalue weighted by Crippen LogP contribution is -2.07. The summed E-state index contributed by atoms with van der Waals surface area (Å²) in [6.45, 7) is 2.15. The molecule has 0 aliphatic heterocycles. The van der Waals surface area contributed by atoms with Crippen LogP contribution in [0.2, 0.25) is 0 Å². The SMILES string of the molecule is CCCCCCCCCC/C=C(\F)C(F)(F)F. The first kappa shape index (κ1) is 16.5. The van der Waals surface area contributed by atoms with Crippen LogP contribution in [-0.2, 0) is 0 Å². The van der Waals surface area contributed by atoms with E-state index in [1.165, 1.54) is 25.7 Å². The van der Waals surface area contributed by atoms with E-state index in [-0.39, 0.29) is 6.42 Å². The molecular formula is C13H22F4. The second-order valence-electron chi connectivity index (χ2n) is 4.31. The van der Waals surface area contributed by atoms with E-state index in [9.17, 15) is 17.6 Å². The Morgan fingerprint density at radius 1 is 0.882 bits per heavy atom. The van der Waals surface area contributed by atoms with Crippen molar-refractivity contribution < 1.29 is 17.6 Å². The first-order valence-electron chi connectivity index (χ1n) is 6.41. The fourth-order valence-corrected chi connectivity index (χ4v) is 1.62. The number of unbranched alkanes of at least 4 members (excludes halogenated alkanes) is 8. The van der Waals surface area contributed by atoms with Gasteiger partial charge in [-0.25, -0.2) is 4.39 Å². The largest absolute Gasteiger partial charge is 0.442 e. The molecule has 0 aliphatic carbocycles. The quantitative estimate of drug-likeness (QED) is 0.353. The Kier molecular flexibility index (Phi) is 9.18. The number of halogens is 4. The van der Waals surface area contributed by atoms with Gasteiger partial charge in [0, 0.05) is 0 Å². The zero-order valence-corrected chi connectivity index (χ0v) is 10.5. The Bertz CT molecular complexity index is 206. The molecule has 4 heteroatoms. The van der Waals surface area contributed by atoms with Crippen molar-refractivity contribution in [1.29, 1.82) is 0 Å². The van der Waals surface area contributed by atoms with Gasteiger partial charge >= 0.3 is 6.18 Å². The van der Waals surface area contributed by atoms with Crippen LogP contribution in [0.5, 0.6) is 0 Å². The number of rotatable bonds is 9. The van der Waals surface area contributed by atoms with Gasteiger partial charge in [-0.3, -0.25) is 0 Å². The second kappa shape index (κ2) is 9.49. The average Bonchev–Trinajstić information content (AvgIpc) is 2.25. The van der Waals surface area contributed by atoms with Crippen LogP contribution < -0.4 is 0 Å². The Hall–Kier alpha value is -0.540. The molecule has 102 valence electrons. The van der Waals surface area contributed by atoms with Gasteiger partial charge in [-0.05, 0) is 18.9 Å². The maximum absolute atomic E-state index is 12.4. The van der Waals surface area contributed by atoms with E-state index in [2.05, 4.69) is 6.92 Å². The van der Waals surface area contributed by atoms with E-state index < -0.39 is 12.0 Å². The molecule has 0 aliphatic rings. The lowest BCUT2D eigenvalue weighted by Gasteiger charge is -2.02. The number of allylic oxidation sites excluding steroid dienone is 2. The smallest absolute Gasteiger partial charge is 0.202 e. The summed E-state index contributed by atoms with van der Waals surface area (Å²) in [6.07, 6.45) is 4.60. The molecule has 0 unspecified atom stereocenters. The van der Waals surface area contributed by atoms with Gasteiger partial charge in [0.05, 0.1) is 0 Å². The highest BCUT2D eigenvalue weighted by atomic mass is 19.4. The van der Waals surface area contributed by atoms with Gasteiger partial charge in [-0.2, -0.15) is 13.2 Å². The van der Waals surface area contributed by atoms with E-state index in [1.807, 2.05) is 0 Å². The normalized spacial score (nSPS) is 13.1. The average molecular weight is 254 g/mol. The van der Waals surface area contributed by atoms with Crippen LogP contribution in [0.25, 0.3) is 0 Å². The fraction of sp³-hybridized carbons (Fsp3) is 0.846. The Labute approximate surface area is 101 Å². The van der Waals surface area contributed by atoms with Crippen LogP contribution in [0, 0.1) is 0 Å². The minimum absolute atomic E-state index is 0.181. The summed E-state index contributed by atoms with van der Waals surface area (Å²) in [5, 5.41) is 0. The molecule has 0 aromatic rings. The number of hydrogen-bond acceptors (Lipinski definition) is 0. The molecule has 0 atom stereocenters. The third-order valence-corrected chi connectivity index (χ3v) is 2.65. The molecule has 0 rings (SSSR count). The molecule has 0 aromatic carbocycles. The predicted octanol–water partition coefficient (Wildman–Crippen LogP) is 5.93. The van der Waals surface area contributed by atoms with E-state index in [0.717, 1.165) is 19.3 Å². The summed E-state index contributed by atoms with van der Waals surface area (Å²) < 4.78 is 47.6. The van der Waals surface area contributed by atoms with Crippen molar-refractivity contribution in [2.24, 2.45) is 0 Å². The van der Waals surface area contributed by atoms with Crippen molar-refractivity contribution in [3.63, 3.8) is 0 Å². The summed E-state index contributed by atoms with van der Waals surface area (Å²) in [4.78, 5) is 0. The molecule has 0 N–H and O–H groups in total. The Morgan fingerprint density at radius 3 is 1.82 bits per heavy atom. The standard InChI is InChI=1S/C13H22F4/c1-2-3-4-5-6-7-8-9-10-11-12(14)13(15,16)17/h11H,2-10H2,1H3/b12-11-. The van der Waals surface area contributed by atoms with Crippen molar-refractivity contribution in [3.8, 4) is 0 Å². The molecule has 0 amide bonds. The number of alkyl halides is 3. The molecule has 0 saturated heterocycles. The highest BCUT2D eigenvalue weighted by molar-refractivity contribution is 4.98. The van der Waals surface area contributed by atoms with Crippen LogP contribution in [0.3, 0.4) is 0 Å². The van der Waals surface area contributed by atoms with Crippen LogP contribution in [0.1, 0.15) is 64.7 Å². The van der Waals surface area contributed by atoms with E-state index in [4.69, 9.17) is 0 Å². The Balaban J connectivity index is 3.35. The minimum atomic E-state index is -4.81. The van der Waals surface area contributed by atoms with Gasteiger partial charge in [0.25, 0.3) is 0 Å². The molecule has 0 saturated carbocycles. The zero-order valence-electron chi connectivity index (χ0n) is 10.5. The summed E-state index contributed by atoms with van der Waals surface area (Å²) >= 11 is 0. The topological polar surface area (TPSA) is 0 Å². The molecule has 0 radical (unpaired) electrons. The molecule has 0 bridgehead atoms. The first-order valence-corrected chi connectivity index (χ1v) is 6.41. The summed E-state index contributed by atoms with van der Waals surface area (Å²) in [5.41, 5.74) is 0. The van der Waals surface area contributed by atoms with Crippen LogP contribution >= 0.6 is 0 Å². The van der Waals surface area contributed by atoms with Gasteiger partial charge in [0.15, 0.2) is 5.83 Å². The number of hydrogen-bond donors (Lipinski definition) is 0. The monoisotopic (exact) mass is 254 g/mol. The highest BCUT2D eigenvalue weighted by Gasteiger charge is 2.33. The van der Waals surface area contributed by atoms with Crippen LogP contribution in [0.4, 0.5) is 17.6 Å². The van der Waals surface area contributed by atoms with Crippen molar-refractivity contribution in [1.82, 2.24) is 0 Å². The van der Waals surface area contributed by atoms with Gasteiger partial charge < -0.3 is 0 Å². The first-order chi connectivity index (χ1) is 7.98. The van der Waals surface area contributed by atoms with Crippen molar-refractivity contribution in [2.75, 3.05) is 0 Å². The van der Waals surface area contributed by atoms with Crippen molar-refractivity contribution >= 4 is 0 Å². The summed E-state index contributed by atoms with van der Waals surface area (Å²) in [6, 6.07) is 0. The summed E-state index contributed by atoms with van der Waals surface area (Å²) in [7, 11) is 0. The maximum Gasteiger partial charge on any atom is 0.442 e. The van der Waals surface area contributed by atoms with E-state index in [0.29, 0.717) is 12.5 Å².